The van der Waals surface area contributed by atoms with Gasteiger partial charge in [0.25, 0.3) is 0 Å². The highest BCUT2D eigenvalue weighted by molar-refractivity contribution is 9.10. The summed E-state index contributed by atoms with van der Waals surface area (Å²) in [6, 6.07) is 8.76. The molecule has 0 bridgehead atoms. The molecule has 0 aliphatic carbocycles. The van der Waals surface area contributed by atoms with Crippen LogP contribution in [0.4, 0.5) is 5.69 Å². The molecule has 4 heteroatoms. The number of hydrogen-bond acceptors (Lipinski definition) is 3. The van der Waals surface area contributed by atoms with E-state index in [1.54, 1.807) is 0 Å². The fraction of sp³-hybridized carbons (Fsp3) is 0.500. The van der Waals surface area contributed by atoms with Gasteiger partial charge in [0.05, 0.1) is 18.2 Å². The quantitative estimate of drug-likeness (QED) is 0.904. The largest absolute Gasteiger partial charge is 0.367 e. The first-order chi connectivity index (χ1) is 8.47. The molecule has 2 N–H and O–H groups in total. The van der Waals surface area contributed by atoms with E-state index >= 15 is 0 Å². The number of hydrogen-bond donors (Lipinski definition) is 1. The van der Waals surface area contributed by atoms with Crippen molar-refractivity contribution in [2.75, 3.05) is 11.4 Å². The third-order valence-corrected chi connectivity index (χ3v) is 3.53. The van der Waals surface area contributed by atoms with Crippen LogP contribution in [0, 0.1) is 11.3 Å². The molecule has 1 atom stereocenters. The maximum absolute atomic E-state index is 8.73. The minimum Gasteiger partial charge on any atom is -0.367 e. The molecule has 0 aliphatic rings. The van der Waals surface area contributed by atoms with E-state index in [0.717, 1.165) is 22.3 Å². The second-order valence-corrected chi connectivity index (χ2v) is 5.55. The summed E-state index contributed by atoms with van der Waals surface area (Å²) >= 11 is 3.60. The molecular formula is C14H20BrN3. The van der Waals surface area contributed by atoms with Gasteiger partial charge in [-0.2, -0.15) is 5.26 Å². The van der Waals surface area contributed by atoms with E-state index in [1.165, 1.54) is 0 Å². The van der Waals surface area contributed by atoms with Gasteiger partial charge >= 0.3 is 0 Å². The van der Waals surface area contributed by atoms with Crippen molar-refractivity contribution < 1.29 is 0 Å². The van der Waals surface area contributed by atoms with Crippen LogP contribution in [-0.4, -0.2) is 12.6 Å². The van der Waals surface area contributed by atoms with Crippen molar-refractivity contribution in [2.24, 2.45) is 5.73 Å². The molecular weight excluding hydrogens is 290 g/mol. The molecule has 0 aromatic heterocycles. The summed E-state index contributed by atoms with van der Waals surface area (Å²) in [7, 11) is 0. The number of anilines is 1. The van der Waals surface area contributed by atoms with E-state index in [4.69, 9.17) is 11.0 Å². The van der Waals surface area contributed by atoms with Crippen molar-refractivity contribution in [1.29, 1.82) is 5.26 Å². The Morgan fingerprint density at radius 1 is 1.39 bits per heavy atom. The zero-order valence-electron chi connectivity index (χ0n) is 11.2. The van der Waals surface area contributed by atoms with Crippen LogP contribution in [0.2, 0.25) is 0 Å². The maximum atomic E-state index is 8.73. The lowest BCUT2D eigenvalue weighted by atomic mass is 10.1. The molecule has 18 heavy (non-hydrogen) atoms. The second kappa shape index (κ2) is 6.77. The first-order valence-corrected chi connectivity index (χ1v) is 6.95. The summed E-state index contributed by atoms with van der Waals surface area (Å²) in [5.74, 6) is 0. The Morgan fingerprint density at radius 3 is 2.50 bits per heavy atom. The summed E-state index contributed by atoms with van der Waals surface area (Å²) in [5, 5.41) is 8.73. The second-order valence-electron chi connectivity index (χ2n) is 4.69. The maximum Gasteiger partial charge on any atom is 0.0640 e. The zero-order valence-corrected chi connectivity index (χ0v) is 12.7. The zero-order chi connectivity index (χ0) is 13.7. The Bertz CT molecular complexity index is 435. The lowest BCUT2D eigenvalue weighted by Gasteiger charge is -2.29. The fourth-order valence-electron chi connectivity index (χ4n) is 1.87. The Kier molecular flexibility index (Phi) is 5.64. The van der Waals surface area contributed by atoms with Gasteiger partial charge in [0.2, 0.25) is 0 Å². The van der Waals surface area contributed by atoms with Gasteiger partial charge in [-0.3, -0.25) is 0 Å². The average molecular weight is 310 g/mol. The Balaban J connectivity index is 3.02. The monoisotopic (exact) mass is 309 g/mol. The van der Waals surface area contributed by atoms with Crippen molar-refractivity contribution >= 4 is 21.6 Å². The van der Waals surface area contributed by atoms with Crippen LogP contribution in [0.5, 0.6) is 0 Å². The highest BCUT2D eigenvalue weighted by Gasteiger charge is 2.14. The molecule has 0 heterocycles. The molecule has 0 saturated carbocycles. The van der Waals surface area contributed by atoms with Gasteiger partial charge in [0.15, 0.2) is 0 Å². The van der Waals surface area contributed by atoms with Crippen LogP contribution < -0.4 is 10.6 Å². The fourth-order valence-corrected chi connectivity index (χ4v) is 2.49. The summed E-state index contributed by atoms with van der Waals surface area (Å²) in [4.78, 5) is 2.22. The number of benzene rings is 1. The predicted octanol–water partition coefficient (Wildman–Crippen LogP) is 3.60. The van der Waals surface area contributed by atoms with E-state index in [-0.39, 0.29) is 6.04 Å². The molecule has 1 aromatic rings. The number of rotatable bonds is 5. The van der Waals surface area contributed by atoms with Crippen LogP contribution in [0.1, 0.15) is 38.8 Å². The predicted molar refractivity (Wildman–Crippen MR) is 79.5 cm³/mol. The average Bonchev–Trinajstić information content (AvgIpc) is 2.30. The summed E-state index contributed by atoms with van der Waals surface area (Å²) < 4.78 is 1.03. The van der Waals surface area contributed by atoms with Crippen LogP contribution >= 0.6 is 15.9 Å². The minimum atomic E-state index is 0.0296. The Labute approximate surface area is 118 Å². The van der Waals surface area contributed by atoms with Gasteiger partial charge < -0.3 is 10.6 Å². The van der Waals surface area contributed by atoms with Crippen LogP contribution in [0.25, 0.3) is 0 Å². The third kappa shape index (κ3) is 3.72. The highest BCUT2D eigenvalue weighted by Crippen LogP contribution is 2.30. The van der Waals surface area contributed by atoms with E-state index in [1.807, 2.05) is 13.0 Å². The van der Waals surface area contributed by atoms with Crippen molar-refractivity contribution in [2.45, 2.75) is 39.3 Å². The molecule has 0 aliphatic heterocycles. The van der Waals surface area contributed by atoms with Crippen molar-refractivity contribution in [1.82, 2.24) is 0 Å². The van der Waals surface area contributed by atoms with Crippen molar-refractivity contribution in [3.05, 3.63) is 28.2 Å². The normalized spacial score (nSPS) is 12.3. The first-order valence-electron chi connectivity index (χ1n) is 6.16. The first kappa shape index (κ1) is 15.0. The lowest BCUT2D eigenvalue weighted by Crippen LogP contribution is -2.31. The number of halogens is 1. The molecule has 0 saturated heterocycles. The summed E-state index contributed by atoms with van der Waals surface area (Å²) in [6.07, 6.45) is 0.527. The van der Waals surface area contributed by atoms with Crippen molar-refractivity contribution in [3.63, 3.8) is 0 Å². The molecule has 98 valence electrons. The standard InChI is InChI=1S/C14H20BrN3/c1-10(2)18(8-4-7-16)14-6-5-12(11(3)17)9-13(14)15/h5-6,9-11H,4,8,17H2,1-3H3. The molecule has 1 aromatic carbocycles. The van der Waals surface area contributed by atoms with Crippen molar-refractivity contribution in [3.8, 4) is 6.07 Å². The third-order valence-electron chi connectivity index (χ3n) is 2.89. The van der Waals surface area contributed by atoms with E-state index in [2.05, 4.69) is 52.9 Å². The van der Waals surface area contributed by atoms with E-state index < -0.39 is 0 Å². The highest BCUT2D eigenvalue weighted by atomic mass is 79.9. The van der Waals surface area contributed by atoms with Crippen LogP contribution in [0.3, 0.4) is 0 Å². The van der Waals surface area contributed by atoms with Gasteiger partial charge in [-0.25, -0.2) is 0 Å². The molecule has 0 fully saturated rings. The number of nitrogens with zero attached hydrogens (tertiary/aromatic N) is 2. The van der Waals surface area contributed by atoms with Crippen LogP contribution in [-0.2, 0) is 0 Å². The Morgan fingerprint density at radius 2 is 2.06 bits per heavy atom. The van der Waals surface area contributed by atoms with E-state index in [9.17, 15) is 0 Å². The molecule has 0 spiro atoms. The van der Waals surface area contributed by atoms with Gasteiger partial charge in [0, 0.05) is 23.1 Å². The minimum absolute atomic E-state index is 0.0296. The smallest absolute Gasteiger partial charge is 0.0640 e. The Hall–Kier alpha value is -1.05. The van der Waals surface area contributed by atoms with Gasteiger partial charge in [-0.15, -0.1) is 0 Å². The van der Waals surface area contributed by atoms with Gasteiger partial charge in [-0.1, -0.05) is 6.07 Å². The number of nitrogens with two attached hydrogens (primary N) is 1. The topological polar surface area (TPSA) is 53.0 Å². The van der Waals surface area contributed by atoms with Crippen LogP contribution in [0.15, 0.2) is 22.7 Å². The lowest BCUT2D eigenvalue weighted by molar-refractivity contribution is 0.684. The van der Waals surface area contributed by atoms with Gasteiger partial charge in [-0.05, 0) is 54.4 Å². The molecule has 0 amide bonds. The van der Waals surface area contributed by atoms with E-state index in [0.29, 0.717) is 12.5 Å². The molecule has 1 rings (SSSR count). The van der Waals surface area contributed by atoms with Gasteiger partial charge in [0.1, 0.15) is 0 Å². The molecule has 3 nitrogen and oxygen atoms in total. The SMILES string of the molecule is CC(N)c1ccc(N(CCC#N)C(C)C)c(Br)c1. The summed E-state index contributed by atoms with van der Waals surface area (Å²) in [6.45, 7) is 6.97. The summed E-state index contributed by atoms with van der Waals surface area (Å²) in [5.41, 5.74) is 8.09. The molecule has 0 radical (unpaired) electrons. The number of nitriles is 1. The molecule has 1 unspecified atom stereocenters.